The van der Waals surface area contributed by atoms with Gasteiger partial charge in [-0.1, -0.05) is 94.9 Å². The average Bonchev–Trinajstić information content (AvgIpc) is 4.06. The molecule has 0 N–H and O–H groups in total. The molecule has 8 rings (SSSR count). The number of thiophene rings is 4. The van der Waals surface area contributed by atoms with E-state index in [-0.39, 0.29) is 4.21 Å². The third kappa shape index (κ3) is 7.25. The summed E-state index contributed by atoms with van der Waals surface area (Å²) in [5.74, 6) is 9.21. The van der Waals surface area contributed by atoms with Crippen molar-refractivity contribution < 1.29 is 21.8 Å². The van der Waals surface area contributed by atoms with E-state index in [0.717, 1.165) is 82.8 Å². The van der Waals surface area contributed by atoms with E-state index in [1.54, 1.807) is 34.0 Å². The maximum Gasteiger partial charge on any atom is 0.296 e. The van der Waals surface area contributed by atoms with Crippen LogP contribution in [0.5, 0.6) is 0 Å². The number of benzene rings is 1. The van der Waals surface area contributed by atoms with Gasteiger partial charge in [-0.05, 0) is 87.2 Å². The fourth-order valence-electron chi connectivity index (χ4n) is 10.6. The van der Waals surface area contributed by atoms with Crippen LogP contribution >= 0.6 is 45.3 Å². The second-order valence-electron chi connectivity index (χ2n) is 18.9. The molecule has 1 aromatic carbocycles. The molecule has 332 valence electrons. The molecule has 1 aliphatic rings. The van der Waals surface area contributed by atoms with Crippen molar-refractivity contribution in [2.75, 3.05) is 7.05 Å². The zero-order valence-electron chi connectivity index (χ0n) is 38.9. The molecule has 0 fully saturated rings. The molecule has 0 radical (unpaired) electrons. The second-order valence-corrected chi connectivity index (χ2v) is 38.5. The van der Waals surface area contributed by atoms with E-state index in [9.17, 15) is 13.0 Å². The lowest BCUT2D eigenvalue weighted by molar-refractivity contribution is 0.537. The quantitative estimate of drug-likeness (QED) is 0.0817. The summed E-state index contributed by atoms with van der Waals surface area (Å²) in [6.45, 7) is 32.2. The highest BCUT2D eigenvalue weighted by Gasteiger charge is 2.50. The molecule has 1 aliphatic heterocycles. The summed E-state index contributed by atoms with van der Waals surface area (Å²) in [5, 5.41) is 2.62. The molecule has 0 saturated carbocycles. The maximum absolute atomic E-state index is 13.3. The number of aryl methyl sites for hydroxylation is 2. The van der Waals surface area contributed by atoms with Crippen LogP contribution in [0.4, 0.5) is 0 Å². The molecule has 7 aromatic rings. The molecule has 7 heterocycles. The minimum atomic E-state index is -3.81. The summed E-state index contributed by atoms with van der Waals surface area (Å²) >= 11 is 4.40. The van der Waals surface area contributed by atoms with Crippen LogP contribution in [0.3, 0.4) is 0 Å². The zero-order valence-corrected chi connectivity index (χ0v) is 45.8. The molecular weight excluding hydrogens is 931 g/mol. The van der Waals surface area contributed by atoms with Gasteiger partial charge in [0.1, 0.15) is 27.7 Å². The highest BCUT2D eigenvalue weighted by Crippen LogP contribution is 2.54. The third-order valence-corrected chi connectivity index (χ3v) is 35.5. The summed E-state index contributed by atoms with van der Waals surface area (Å²) in [5.41, 5.74) is 13.9. The minimum Gasteiger partial charge on any atom is -0.592 e. The first-order chi connectivity index (χ1) is 29.6. The van der Waals surface area contributed by atoms with Crippen LogP contribution in [0.2, 0.25) is 33.2 Å². The first kappa shape index (κ1) is 46.7. The van der Waals surface area contributed by atoms with Crippen molar-refractivity contribution in [1.82, 2.24) is 3.71 Å². The SMILES string of the molecule is Cc1ccc(-c2cc3c(C#C[Si](C(C)C)(C(C)C)C(C)C)c4oc(-c5ccc(-c6sc(C)c7c8c(sc67)S(=O)(=O)N(C)[S+]8[O-])s5)cc4c(C#C[Si](C(C)C)(C(C)C)C(C)C)c3o2)s1. The standard InChI is InChI=1S/C49H57NO5S6Si2/c1-26(2)62(27(3)4,28(5)6)22-20-34-36-24-38(40-17-16-32(13)56-40)54-44(36)35(21-23-63(29(7)8,30(9)10)31(11)12)37-25-39(55-45(34)37)41-18-19-42(58-41)46-47-43(33(14)57-46)48-49(59-47)61(52,53)50(15)60(48)51/h16-19,24-31H,1-15H3. The maximum atomic E-state index is 13.3. The normalized spacial score (nSPS) is 15.9. The van der Waals surface area contributed by atoms with Crippen LogP contribution in [-0.4, -0.2) is 39.9 Å². The Bertz CT molecular complexity index is 3010. The van der Waals surface area contributed by atoms with Crippen molar-refractivity contribution in [2.24, 2.45) is 0 Å². The fraction of sp³-hybridized carbons (Fsp3) is 0.429. The summed E-state index contributed by atoms with van der Waals surface area (Å²) < 4.78 is 55.9. The van der Waals surface area contributed by atoms with E-state index in [0.29, 0.717) is 38.1 Å². The zero-order chi connectivity index (χ0) is 45.8. The number of nitrogens with zero attached hydrogens (tertiary/aromatic N) is 1. The highest BCUT2D eigenvalue weighted by molar-refractivity contribution is 8.08. The largest absolute Gasteiger partial charge is 0.592 e. The monoisotopic (exact) mass is 987 g/mol. The second kappa shape index (κ2) is 16.8. The molecule has 0 aliphatic carbocycles. The van der Waals surface area contributed by atoms with Crippen LogP contribution in [-0.2, 0) is 21.4 Å². The highest BCUT2D eigenvalue weighted by atomic mass is 32.3. The minimum absolute atomic E-state index is 0.183. The van der Waals surface area contributed by atoms with Gasteiger partial charge in [0.15, 0.2) is 15.4 Å². The van der Waals surface area contributed by atoms with Crippen molar-refractivity contribution in [2.45, 2.75) is 139 Å². The molecule has 0 bridgehead atoms. The lowest BCUT2D eigenvalue weighted by Gasteiger charge is -2.38. The van der Waals surface area contributed by atoms with Crippen LogP contribution in [0, 0.1) is 36.8 Å². The van der Waals surface area contributed by atoms with Gasteiger partial charge in [-0.25, -0.2) is 8.42 Å². The Morgan fingerprint density at radius 2 is 1.10 bits per heavy atom. The van der Waals surface area contributed by atoms with Crippen LogP contribution in [0.25, 0.3) is 63.1 Å². The van der Waals surface area contributed by atoms with Crippen molar-refractivity contribution in [3.63, 3.8) is 0 Å². The van der Waals surface area contributed by atoms with E-state index >= 15 is 0 Å². The Kier molecular flexibility index (Phi) is 12.4. The molecule has 1 atom stereocenters. The Morgan fingerprint density at radius 3 is 1.54 bits per heavy atom. The number of rotatable bonds is 9. The van der Waals surface area contributed by atoms with E-state index < -0.39 is 37.5 Å². The fourth-order valence-corrected chi connectivity index (χ4v) is 30.0. The molecule has 63 heavy (non-hydrogen) atoms. The van der Waals surface area contributed by atoms with Crippen molar-refractivity contribution in [3.05, 3.63) is 57.3 Å². The Morgan fingerprint density at radius 1 is 0.651 bits per heavy atom. The van der Waals surface area contributed by atoms with Crippen LogP contribution in [0.1, 0.15) is 104 Å². The lowest BCUT2D eigenvalue weighted by atomic mass is 10.0. The number of fused-ring (bicyclic) bond motifs is 5. The molecule has 6 nitrogen and oxygen atoms in total. The smallest absolute Gasteiger partial charge is 0.296 e. The van der Waals surface area contributed by atoms with E-state index in [1.807, 2.05) is 6.92 Å². The molecule has 0 amide bonds. The van der Waals surface area contributed by atoms with Gasteiger partial charge in [0.25, 0.3) is 10.0 Å². The molecule has 0 spiro atoms. The molecule has 6 aromatic heterocycles. The molecule has 14 heteroatoms. The average molecular weight is 989 g/mol. The van der Waals surface area contributed by atoms with E-state index in [2.05, 4.69) is 149 Å². The van der Waals surface area contributed by atoms with Gasteiger partial charge in [0, 0.05) is 25.4 Å². The van der Waals surface area contributed by atoms with Gasteiger partial charge in [-0.15, -0.1) is 56.4 Å². The number of furan rings is 2. The van der Waals surface area contributed by atoms with Gasteiger partial charge in [0.2, 0.25) is 4.90 Å². The van der Waals surface area contributed by atoms with Gasteiger partial charge >= 0.3 is 0 Å². The predicted octanol–water partition coefficient (Wildman–Crippen LogP) is 16.0. The molecule has 0 saturated heterocycles. The Balaban J connectivity index is 1.41. The predicted molar refractivity (Wildman–Crippen MR) is 278 cm³/mol. The number of hydrogen-bond donors (Lipinski definition) is 0. The van der Waals surface area contributed by atoms with Gasteiger partial charge in [0.05, 0.1) is 54.3 Å². The van der Waals surface area contributed by atoms with E-state index in [4.69, 9.17) is 8.83 Å². The number of hydrogen-bond acceptors (Lipinski definition) is 9. The summed E-state index contributed by atoms with van der Waals surface area (Å²) in [6.07, 6.45) is 0. The van der Waals surface area contributed by atoms with Crippen molar-refractivity contribution in [3.8, 4) is 54.0 Å². The van der Waals surface area contributed by atoms with Crippen molar-refractivity contribution in [1.29, 1.82) is 0 Å². The summed E-state index contributed by atoms with van der Waals surface area (Å²) in [4.78, 5) is 6.57. The summed E-state index contributed by atoms with van der Waals surface area (Å²) in [6, 6.07) is 12.7. The van der Waals surface area contributed by atoms with Gasteiger partial charge in [-0.3, -0.25) is 0 Å². The Hall–Kier alpha value is -2.87. The van der Waals surface area contributed by atoms with Crippen LogP contribution in [0.15, 0.2) is 54.3 Å². The molecule has 1 unspecified atom stereocenters. The van der Waals surface area contributed by atoms with E-state index in [1.165, 1.54) is 23.3 Å². The van der Waals surface area contributed by atoms with Gasteiger partial charge in [-0.2, -0.15) is 0 Å². The first-order valence-corrected chi connectivity index (χ1v) is 32.1. The number of sulfonamides is 1. The van der Waals surface area contributed by atoms with Crippen LogP contribution < -0.4 is 0 Å². The topological polar surface area (TPSA) is 86.7 Å². The molecular formula is C49H57NO5S6Si2. The first-order valence-electron chi connectivity index (χ1n) is 21.8. The third-order valence-electron chi connectivity index (χ3n) is 13.7. The summed E-state index contributed by atoms with van der Waals surface area (Å²) in [7, 11) is -6.76. The Labute approximate surface area is 394 Å². The van der Waals surface area contributed by atoms with Crippen molar-refractivity contribution >= 4 is 115 Å². The van der Waals surface area contributed by atoms with Gasteiger partial charge < -0.3 is 13.4 Å². The lowest BCUT2D eigenvalue weighted by Crippen LogP contribution is -2.43.